The molecule has 1 saturated heterocycles. The van der Waals surface area contributed by atoms with E-state index in [2.05, 4.69) is 50.2 Å². The van der Waals surface area contributed by atoms with Crippen molar-refractivity contribution in [3.63, 3.8) is 0 Å². The zero-order chi connectivity index (χ0) is 20.8. The van der Waals surface area contributed by atoms with Gasteiger partial charge in [0.25, 0.3) is 0 Å². The van der Waals surface area contributed by atoms with Crippen LogP contribution in [0, 0.1) is 0 Å². The molecule has 3 aromatic rings. The molecular formula is C23H28IN5OS. The van der Waals surface area contributed by atoms with Gasteiger partial charge < -0.3 is 20.3 Å². The van der Waals surface area contributed by atoms with Gasteiger partial charge in [0.2, 0.25) is 0 Å². The highest BCUT2D eigenvalue weighted by atomic mass is 127. The maximum atomic E-state index is 5.51. The molecule has 1 aliphatic rings. The number of aliphatic imine (C=N–C) groups is 1. The second kappa shape index (κ2) is 11.3. The molecule has 0 spiro atoms. The van der Waals surface area contributed by atoms with Crippen molar-refractivity contribution < 1.29 is 4.74 Å². The number of benzene rings is 2. The Morgan fingerprint density at radius 2 is 1.97 bits per heavy atom. The minimum absolute atomic E-state index is 0. The van der Waals surface area contributed by atoms with E-state index in [1.807, 2.05) is 30.3 Å². The van der Waals surface area contributed by atoms with Gasteiger partial charge in [-0.15, -0.1) is 35.3 Å². The van der Waals surface area contributed by atoms with Gasteiger partial charge in [0.15, 0.2) is 5.96 Å². The van der Waals surface area contributed by atoms with Gasteiger partial charge in [0.05, 0.1) is 25.0 Å². The van der Waals surface area contributed by atoms with E-state index >= 15 is 0 Å². The van der Waals surface area contributed by atoms with E-state index in [1.54, 1.807) is 25.5 Å². The molecule has 2 heterocycles. The van der Waals surface area contributed by atoms with Crippen molar-refractivity contribution in [1.82, 2.24) is 15.6 Å². The lowest BCUT2D eigenvalue weighted by Crippen LogP contribution is -2.44. The summed E-state index contributed by atoms with van der Waals surface area (Å²) in [5.74, 6) is 1.72. The molecule has 6 nitrogen and oxygen atoms in total. The molecule has 2 N–H and O–H groups in total. The summed E-state index contributed by atoms with van der Waals surface area (Å²) in [6.07, 6.45) is 1.05. The molecule has 0 amide bonds. The Kier molecular flexibility index (Phi) is 8.53. The van der Waals surface area contributed by atoms with E-state index in [9.17, 15) is 0 Å². The van der Waals surface area contributed by atoms with Gasteiger partial charge in [0.1, 0.15) is 10.8 Å². The molecule has 0 bridgehead atoms. The van der Waals surface area contributed by atoms with Crippen molar-refractivity contribution in [2.45, 2.75) is 19.0 Å². The molecular weight excluding hydrogens is 521 g/mol. The Hall–Kier alpha value is -2.33. The topological polar surface area (TPSA) is 61.8 Å². The lowest BCUT2D eigenvalue weighted by Gasteiger charge is -2.22. The van der Waals surface area contributed by atoms with Crippen molar-refractivity contribution in [1.29, 1.82) is 0 Å². The first-order chi connectivity index (χ1) is 14.8. The summed E-state index contributed by atoms with van der Waals surface area (Å²) in [7, 11) is 3.52. The summed E-state index contributed by atoms with van der Waals surface area (Å²) in [5.41, 5.74) is 3.31. The van der Waals surface area contributed by atoms with Crippen LogP contribution in [-0.4, -0.2) is 44.2 Å². The number of methoxy groups -OCH3 is 1. The van der Waals surface area contributed by atoms with Gasteiger partial charge in [-0.3, -0.25) is 4.99 Å². The molecule has 1 aromatic heterocycles. The number of nitrogens with one attached hydrogen (secondary N) is 2. The summed E-state index contributed by atoms with van der Waals surface area (Å²) in [5, 5.41) is 10.1. The van der Waals surface area contributed by atoms with Gasteiger partial charge in [-0.1, -0.05) is 42.5 Å². The molecule has 8 heteroatoms. The lowest BCUT2D eigenvalue weighted by atomic mass is 10.2. The largest absolute Gasteiger partial charge is 0.495 e. The summed E-state index contributed by atoms with van der Waals surface area (Å²) >= 11 is 1.67. The molecule has 4 rings (SSSR count). The highest BCUT2D eigenvalue weighted by Gasteiger charge is 2.25. The standard InChI is InChI=1S/C23H27N5OS.HI/c1-24-23(25-14-19-16-30-22(26-19)17-8-4-3-5-9-17)27-18-12-13-28(15-18)20-10-6-7-11-21(20)29-2;/h3-11,16,18H,12-15H2,1-2H3,(H2,24,25,27);1H. The molecule has 164 valence electrons. The number of hydrogen-bond acceptors (Lipinski definition) is 5. The normalized spacial score (nSPS) is 16.0. The van der Waals surface area contributed by atoms with Gasteiger partial charge in [-0.25, -0.2) is 4.98 Å². The molecule has 1 atom stereocenters. The molecule has 0 saturated carbocycles. The third kappa shape index (κ3) is 5.88. The second-order valence-electron chi connectivity index (χ2n) is 7.18. The number of nitrogens with zero attached hydrogens (tertiary/aromatic N) is 3. The smallest absolute Gasteiger partial charge is 0.191 e. The highest BCUT2D eigenvalue weighted by molar-refractivity contribution is 14.0. The minimum atomic E-state index is 0. The number of rotatable bonds is 6. The van der Waals surface area contributed by atoms with Crippen LogP contribution in [0.1, 0.15) is 12.1 Å². The predicted octanol–water partition coefficient (Wildman–Crippen LogP) is 4.38. The summed E-state index contributed by atoms with van der Waals surface area (Å²) in [6.45, 7) is 2.55. The van der Waals surface area contributed by atoms with E-state index in [4.69, 9.17) is 9.72 Å². The fraction of sp³-hybridized carbons (Fsp3) is 0.304. The van der Waals surface area contributed by atoms with E-state index in [0.717, 1.165) is 53.2 Å². The van der Waals surface area contributed by atoms with Crippen LogP contribution >= 0.6 is 35.3 Å². The molecule has 0 radical (unpaired) electrons. The van der Waals surface area contributed by atoms with Crippen LogP contribution in [0.25, 0.3) is 10.6 Å². The number of aromatic nitrogens is 1. The van der Waals surface area contributed by atoms with Crippen LogP contribution in [0.4, 0.5) is 5.69 Å². The number of ether oxygens (including phenoxy) is 1. The van der Waals surface area contributed by atoms with Crippen LogP contribution in [0.5, 0.6) is 5.75 Å². The van der Waals surface area contributed by atoms with Crippen molar-refractivity contribution in [2.24, 2.45) is 4.99 Å². The Balaban J connectivity index is 0.00000272. The number of para-hydroxylation sites is 2. The fourth-order valence-corrected chi connectivity index (χ4v) is 4.48. The number of thiazole rings is 1. The van der Waals surface area contributed by atoms with Crippen LogP contribution in [0.2, 0.25) is 0 Å². The monoisotopic (exact) mass is 549 g/mol. The predicted molar refractivity (Wildman–Crippen MR) is 140 cm³/mol. The first-order valence-corrected chi connectivity index (χ1v) is 11.0. The first-order valence-electron chi connectivity index (χ1n) is 10.1. The Morgan fingerprint density at radius 1 is 1.19 bits per heavy atom. The van der Waals surface area contributed by atoms with E-state index in [-0.39, 0.29) is 24.0 Å². The van der Waals surface area contributed by atoms with Gasteiger partial charge >= 0.3 is 0 Å². The lowest BCUT2D eigenvalue weighted by molar-refractivity contribution is 0.415. The van der Waals surface area contributed by atoms with Crippen LogP contribution < -0.4 is 20.3 Å². The molecule has 2 aromatic carbocycles. The van der Waals surface area contributed by atoms with Gasteiger partial charge in [-0.2, -0.15) is 0 Å². The number of guanidine groups is 1. The molecule has 1 aliphatic heterocycles. The molecule has 0 aliphatic carbocycles. The van der Waals surface area contributed by atoms with Crippen molar-refractivity contribution in [3.05, 3.63) is 65.7 Å². The van der Waals surface area contributed by atoms with Gasteiger partial charge in [-0.05, 0) is 18.6 Å². The second-order valence-corrected chi connectivity index (χ2v) is 8.04. The van der Waals surface area contributed by atoms with Crippen molar-refractivity contribution in [2.75, 3.05) is 32.1 Å². The van der Waals surface area contributed by atoms with E-state index < -0.39 is 0 Å². The van der Waals surface area contributed by atoms with Crippen molar-refractivity contribution in [3.8, 4) is 16.3 Å². The van der Waals surface area contributed by atoms with Crippen molar-refractivity contribution >= 4 is 47.0 Å². The van der Waals surface area contributed by atoms with E-state index in [0.29, 0.717) is 12.6 Å². The maximum absolute atomic E-state index is 5.51. The molecule has 31 heavy (non-hydrogen) atoms. The Morgan fingerprint density at radius 3 is 2.74 bits per heavy atom. The quantitative estimate of drug-likeness (QED) is 0.272. The summed E-state index contributed by atoms with van der Waals surface area (Å²) in [6, 6.07) is 18.8. The minimum Gasteiger partial charge on any atom is -0.495 e. The fourth-order valence-electron chi connectivity index (χ4n) is 3.65. The zero-order valence-corrected chi connectivity index (χ0v) is 20.9. The highest BCUT2D eigenvalue weighted by Crippen LogP contribution is 2.30. The number of hydrogen-bond donors (Lipinski definition) is 2. The van der Waals surface area contributed by atoms with Crippen LogP contribution in [0.15, 0.2) is 65.0 Å². The Labute approximate surface area is 204 Å². The maximum Gasteiger partial charge on any atom is 0.191 e. The van der Waals surface area contributed by atoms with Gasteiger partial charge in [0, 0.05) is 37.1 Å². The molecule has 1 unspecified atom stereocenters. The SMILES string of the molecule is CN=C(NCc1csc(-c2ccccc2)n1)NC1CCN(c2ccccc2OC)C1.I. The summed E-state index contributed by atoms with van der Waals surface area (Å²) < 4.78 is 5.51. The summed E-state index contributed by atoms with van der Waals surface area (Å²) in [4.78, 5) is 11.5. The zero-order valence-electron chi connectivity index (χ0n) is 17.7. The third-order valence-electron chi connectivity index (χ3n) is 5.19. The van der Waals surface area contributed by atoms with Crippen LogP contribution in [-0.2, 0) is 6.54 Å². The number of anilines is 1. The average molecular weight is 549 g/mol. The van der Waals surface area contributed by atoms with E-state index in [1.165, 1.54) is 0 Å². The third-order valence-corrected chi connectivity index (χ3v) is 6.13. The number of halogens is 1. The average Bonchev–Trinajstić information content (AvgIpc) is 3.47. The first kappa shape index (κ1) is 23.3. The molecule has 1 fully saturated rings. The van der Waals surface area contributed by atoms with Crippen LogP contribution in [0.3, 0.4) is 0 Å². The Bertz CT molecular complexity index is 994.